The van der Waals surface area contributed by atoms with Crippen LogP contribution >= 0.6 is 0 Å². The lowest BCUT2D eigenvalue weighted by atomic mass is 10.1. The van der Waals surface area contributed by atoms with Crippen molar-refractivity contribution in [2.75, 3.05) is 0 Å². The summed E-state index contributed by atoms with van der Waals surface area (Å²) in [7, 11) is 0. The van der Waals surface area contributed by atoms with E-state index in [-0.39, 0.29) is 0 Å². The summed E-state index contributed by atoms with van der Waals surface area (Å²) in [5, 5.41) is 3.77. The number of fused-ring (bicyclic) bond motifs is 1. The lowest BCUT2D eigenvalue weighted by molar-refractivity contribution is 0.367. The molecule has 1 aliphatic carbocycles. The van der Waals surface area contributed by atoms with Crippen molar-refractivity contribution in [3.8, 4) is 0 Å². The number of hydrogen-bond acceptors (Lipinski definition) is 2. The monoisotopic (exact) mass is 137 g/mol. The van der Waals surface area contributed by atoms with E-state index in [0.717, 1.165) is 5.76 Å². The maximum absolute atomic E-state index is 5.11. The second-order valence-electron chi connectivity index (χ2n) is 3.18. The largest absolute Gasteiger partial charge is 0.361 e. The van der Waals surface area contributed by atoms with E-state index >= 15 is 0 Å². The summed E-state index contributed by atoms with van der Waals surface area (Å²) < 4.78 is 5.11. The minimum absolute atomic E-state index is 0.576. The van der Waals surface area contributed by atoms with Crippen LogP contribution in [0.3, 0.4) is 0 Å². The molecule has 0 aromatic carbocycles. The lowest BCUT2D eigenvalue weighted by Gasteiger charge is -1.98. The Morgan fingerprint density at radius 1 is 1.50 bits per heavy atom. The van der Waals surface area contributed by atoms with Gasteiger partial charge in [0.05, 0.1) is 6.20 Å². The fourth-order valence-electron chi connectivity index (χ4n) is 1.77. The Balaban J connectivity index is 2.48. The maximum Gasteiger partial charge on any atom is 0.142 e. The van der Waals surface area contributed by atoms with Crippen LogP contribution in [0.1, 0.15) is 43.4 Å². The van der Waals surface area contributed by atoms with Gasteiger partial charge in [0.15, 0.2) is 0 Å². The normalized spacial score (nSPS) is 30.6. The molecule has 1 heterocycles. The molecule has 0 spiro atoms. The molecule has 1 aromatic rings. The first kappa shape index (κ1) is 5.96. The Morgan fingerprint density at radius 2 is 2.30 bits per heavy atom. The van der Waals surface area contributed by atoms with E-state index in [1.807, 2.05) is 6.20 Å². The molecule has 54 valence electrons. The van der Waals surface area contributed by atoms with Crippen LogP contribution in [0.25, 0.3) is 0 Å². The van der Waals surface area contributed by atoms with Crippen molar-refractivity contribution >= 4 is 0 Å². The third-order valence-electron chi connectivity index (χ3n) is 2.31. The van der Waals surface area contributed by atoms with E-state index < -0.39 is 0 Å². The highest BCUT2D eigenvalue weighted by atomic mass is 16.5. The molecule has 0 aliphatic heterocycles. The van der Waals surface area contributed by atoms with Gasteiger partial charge < -0.3 is 4.52 Å². The molecule has 2 heteroatoms. The first-order valence-electron chi connectivity index (χ1n) is 3.73. The van der Waals surface area contributed by atoms with Gasteiger partial charge in [0.25, 0.3) is 0 Å². The van der Waals surface area contributed by atoms with Gasteiger partial charge in [0.1, 0.15) is 5.76 Å². The van der Waals surface area contributed by atoms with E-state index in [1.165, 1.54) is 12.0 Å². The van der Waals surface area contributed by atoms with Crippen LogP contribution in [0.2, 0.25) is 0 Å². The molecule has 0 saturated heterocycles. The van der Waals surface area contributed by atoms with E-state index in [0.29, 0.717) is 11.8 Å². The van der Waals surface area contributed by atoms with Crippen molar-refractivity contribution in [2.45, 2.75) is 32.1 Å². The van der Waals surface area contributed by atoms with Crippen LogP contribution in [-0.4, -0.2) is 5.16 Å². The average molecular weight is 137 g/mol. The third kappa shape index (κ3) is 0.618. The summed E-state index contributed by atoms with van der Waals surface area (Å²) >= 11 is 0. The molecule has 0 bridgehead atoms. The van der Waals surface area contributed by atoms with Gasteiger partial charge in [-0.25, -0.2) is 0 Å². The van der Waals surface area contributed by atoms with E-state index in [2.05, 4.69) is 19.0 Å². The predicted octanol–water partition coefficient (Wildman–Crippen LogP) is 2.29. The first-order chi connectivity index (χ1) is 4.79. The molecule has 2 unspecified atom stereocenters. The van der Waals surface area contributed by atoms with Crippen molar-refractivity contribution in [3.63, 3.8) is 0 Å². The Morgan fingerprint density at radius 3 is 3.00 bits per heavy atom. The van der Waals surface area contributed by atoms with Gasteiger partial charge in [0, 0.05) is 11.5 Å². The zero-order valence-electron chi connectivity index (χ0n) is 6.29. The molecule has 2 rings (SSSR count). The van der Waals surface area contributed by atoms with Crippen LogP contribution in [-0.2, 0) is 0 Å². The average Bonchev–Trinajstić information content (AvgIpc) is 2.39. The first-order valence-corrected chi connectivity index (χ1v) is 3.73. The Bertz CT molecular complexity index is 219. The lowest BCUT2D eigenvalue weighted by Crippen LogP contribution is -1.84. The third-order valence-corrected chi connectivity index (χ3v) is 2.31. The van der Waals surface area contributed by atoms with Gasteiger partial charge in [-0.2, -0.15) is 0 Å². The zero-order valence-corrected chi connectivity index (χ0v) is 6.29. The second kappa shape index (κ2) is 1.84. The van der Waals surface area contributed by atoms with Crippen LogP contribution in [0.5, 0.6) is 0 Å². The summed E-state index contributed by atoms with van der Waals surface area (Å²) in [5.41, 5.74) is 1.31. The molecule has 2 atom stereocenters. The SMILES string of the molecule is CC1CC(C)c2oncc21. The summed E-state index contributed by atoms with van der Waals surface area (Å²) in [6.07, 6.45) is 3.07. The van der Waals surface area contributed by atoms with Crippen LogP contribution < -0.4 is 0 Å². The fraction of sp³-hybridized carbons (Fsp3) is 0.625. The fourth-order valence-corrected chi connectivity index (χ4v) is 1.77. The van der Waals surface area contributed by atoms with Gasteiger partial charge in [-0.3, -0.25) is 0 Å². The van der Waals surface area contributed by atoms with Crippen molar-refractivity contribution < 1.29 is 4.52 Å². The number of hydrogen-bond donors (Lipinski definition) is 0. The minimum Gasteiger partial charge on any atom is -0.361 e. The summed E-state index contributed by atoms with van der Waals surface area (Å²) in [5.74, 6) is 2.33. The molecule has 1 aliphatic rings. The molecule has 0 radical (unpaired) electrons. The number of nitrogens with zero attached hydrogens (tertiary/aromatic N) is 1. The molecular formula is C8H11NO. The quantitative estimate of drug-likeness (QED) is 0.548. The summed E-state index contributed by atoms with van der Waals surface area (Å²) in [6, 6.07) is 0. The van der Waals surface area contributed by atoms with E-state index in [1.54, 1.807) is 0 Å². The molecule has 0 amide bonds. The summed E-state index contributed by atoms with van der Waals surface area (Å²) in [4.78, 5) is 0. The highest BCUT2D eigenvalue weighted by molar-refractivity contribution is 5.27. The molecule has 0 N–H and O–H groups in total. The molecule has 1 aromatic heterocycles. The topological polar surface area (TPSA) is 26.0 Å². The van der Waals surface area contributed by atoms with E-state index in [4.69, 9.17) is 4.52 Å². The van der Waals surface area contributed by atoms with Gasteiger partial charge in [-0.1, -0.05) is 19.0 Å². The smallest absolute Gasteiger partial charge is 0.142 e. The molecule has 2 nitrogen and oxygen atoms in total. The standard InChI is InChI=1S/C8H11NO/c1-5-3-6(2)8-7(5)4-9-10-8/h4-6H,3H2,1-2H3. The Hall–Kier alpha value is -0.790. The van der Waals surface area contributed by atoms with Crippen LogP contribution in [0, 0.1) is 0 Å². The summed E-state index contributed by atoms with van der Waals surface area (Å²) in [6.45, 7) is 4.41. The predicted molar refractivity (Wildman–Crippen MR) is 38.0 cm³/mol. The van der Waals surface area contributed by atoms with Crippen LogP contribution in [0.4, 0.5) is 0 Å². The second-order valence-corrected chi connectivity index (χ2v) is 3.18. The highest BCUT2D eigenvalue weighted by Crippen LogP contribution is 2.40. The van der Waals surface area contributed by atoms with Gasteiger partial charge in [-0.15, -0.1) is 0 Å². The van der Waals surface area contributed by atoms with Crippen molar-refractivity contribution in [2.24, 2.45) is 0 Å². The zero-order chi connectivity index (χ0) is 7.14. The van der Waals surface area contributed by atoms with Crippen LogP contribution in [0.15, 0.2) is 10.7 Å². The molecule has 10 heavy (non-hydrogen) atoms. The van der Waals surface area contributed by atoms with E-state index in [9.17, 15) is 0 Å². The highest BCUT2D eigenvalue weighted by Gasteiger charge is 2.28. The number of aromatic nitrogens is 1. The van der Waals surface area contributed by atoms with Crippen molar-refractivity contribution in [3.05, 3.63) is 17.5 Å². The maximum atomic E-state index is 5.11. The Kier molecular flexibility index (Phi) is 1.10. The minimum atomic E-state index is 0.576. The van der Waals surface area contributed by atoms with Crippen molar-refractivity contribution in [1.82, 2.24) is 5.16 Å². The Labute approximate surface area is 60.2 Å². The van der Waals surface area contributed by atoms with Crippen molar-refractivity contribution in [1.29, 1.82) is 0 Å². The molecule has 0 saturated carbocycles. The van der Waals surface area contributed by atoms with Gasteiger partial charge in [0.2, 0.25) is 0 Å². The molecular weight excluding hydrogens is 126 g/mol. The number of rotatable bonds is 0. The van der Waals surface area contributed by atoms with Gasteiger partial charge in [-0.05, 0) is 12.3 Å². The van der Waals surface area contributed by atoms with Gasteiger partial charge >= 0.3 is 0 Å². The molecule has 0 fully saturated rings.